The van der Waals surface area contributed by atoms with Crippen LogP contribution < -0.4 is 4.74 Å². The number of rotatable bonds is 9. The molecule has 2 heteroatoms. The van der Waals surface area contributed by atoms with Gasteiger partial charge >= 0.3 is 0 Å². The van der Waals surface area contributed by atoms with E-state index in [0.29, 0.717) is 0 Å². The molecule has 2 aromatic carbocycles. The zero-order valence-electron chi connectivity index (χ0n) is 14.7. The van der Waals surface area contributed by atoms with E-state index in [1.165, 1.54) is 42.5 Å². The number of aryl methyl sites for hydroxylation is 1. The Morgan fingerprint density at radius 3 is 2.17 bits per heavy atom. The van der Waals surface area contributed by atoms with Gasteiger partial charge in [0.1, 0.15) is 5.75 Å². The minimum Gasteiger partial charge on any atom is -0.493 e. The van der Waals surface area contributed by atoms with Gasteiger partial charge in [0.2, 0.25) is 0 Å². The average molecular weight is 311 g/mol. The molecule has 2 aromatic rings. The summed E-state index contributed by atoms with van der Waals surface area (Å²) >= 11 is 0. The molecule has 0 bridgehead atoms. The first-order valence-electron chi connectivity index (χ1n) is 8.61. The topological polar surface area (TPSA) is 12.5 Å². The summed E-state index contributed by atoms with van der Waals surface area (Å²) in [5.74, 6) is 0.995. The Labute approximate surface area is 141 Å². The molecule has 0 unspecified atom stereocenters. The van der Waals surface area contributed by atoms with Crippen molar-refractivity contribution >= 4 is 0 Å². The highest BCUT2D eigenvalue weighted by Gasteiger charge is 2.07. The maximum atomic E-state index is 6.06. The standard InChI is InChI=1S/C21H29NO/c1-18-12-6-7-13-19(18)20-14-8-9-15-21(20)23-17-11-5-4-10-16-22(2)3/h6-9,12-15H,4-5,10-11,16-17H2,1-3H3. The minimum atomic E-state index is 0.796. The lowest BCUT2D eigenvalue weighted by molar-refractivity contribution is 0.303. The van der Waals surface area contributed by atoms with Gasteiger partial charge in [0.15, 0.2) is 0 Å². The average Bonchev–Trinajstić information content (AvgIpc) is 2.55. The molecule has 0 amide bonds. The first-order valence-corrected chi connectivity index (χ1v) is 8.61. The SMILES string of the molecule is Cc1ccccc1-c1ccccc1OCCCCCCN(C)C. The van der Waals surface area contributed by atoms with Gasteiger partial charge in [-0.2, -0.15) is 0 Å². The molecule has 0 aromatic heterocycles. The van der Waals surface area contributed by atoms with Crippen LogP contribution >= 0.6 is 0 Å². The first-order chi connectivity index (χ1) is 11.2. The molecule has 0 aliphatic rings. The quantitative estimate of drug-likeness (QED) is 0.593. The zero-order valence-corrected chi connectivity index (χ0v) is 14.7. The summed E-state index contributed by atoms with van der Waals surface area (Å²) in [6.07, 6.45) is 4.91. The number of hydrogen-bond donors (Lipinski definition) is 0. The Morgan fingerprint density at radius 2 is 1.43 bits per heavy atom. The third-order valence-electron chi connectivity index (χ3n) is 4.08. The molecule has 0 saturated carbocycles. The van der Waals surface area contributed by atoms with Gasteiger partial charge in [-0.3, -0.25) is 0 Å². The predicted molar refractivity (Wildman–Crippen MR) is 99.1 cm³/mol. The highest BCUT2D eigenvalue weighted by atomic mass is 16.5. The predicted octanol–water partition coefficient (Wildman–Crippen LogP) is 5.16. The van der Waals surface area contributed by atoms with Crippen LogP contribution in [0.4, 0.5) is 0 Å². The van der Waals surface area contributed by atoms with E-state index in [1.807, 2.05) is 6.07 Å². The molecule has 0 saturated heterocycles. The molecule has 124 valence electrons. The van der Waals surface area contributed by atoms with Crippen molar-refractivity contribution in [2.75, 3.05) is 27.2 Å². The molecule has 0 heterocycles. The van der Waals surface area contributed by atoms with Gasteiger partial charge in [0, 0.05) is 5.56 Å². The Hall–Kier alpha value is -1.80. The van der Waals surface area contributed by atoms with E-state index in [4.69, 9.17) is 4.74 Å². The summed E-state index contributed by atoms with van der Waals surface area (Å²) in [7, 11) is 4.26. The van der Waals surface area contributed by atoms with Crippen LogP contribution in [0.5, 0.6) is 5.75 Å². The lowest BCUT2D eigenvalue weighted by Gasteiger charge is -2.13. The van der Waals surface area contributed by atoms with Crippen molar-refractivity contribution in [3.63, 3.8) is 0 Å². The molecule has 0 fully saturated rings. The second-order valence-electron chi connectivity index (χ2n) is 6.38. The Bertz CT molecular complexity index is 592. The van der Waals surface area contributed by atoms with E-state index in [1.54, 1.807) is 0 Å². The Kier molecular flexibility index (Phi) is 7.15. The second-order valence-corrected chi connectivity index (χ2v) is 6.38. The summed E-state index contributed by atoms with van der Waals surface area (Å²) in [5.41, 5.74) is 3.74. The minimum absolute atomic E-state index is 0.796. The third kappa shape index (κ3) is 5.72. The highest BCUT2D eigenvalue weighted by Crippen LogP contribution is 2.32. The molecule has 2 nitrogen and oxygen atoms in total. The van der Waals surface area contributed by atoms with E-state index >= 15 is 0 Å². The Balaban J connectivity index is 1.86. The lowest BCUT2D eigenvalue weighted by Crippen LogP contribution is -2.12. The van der Waals surface area contributed by atoms with Crippen molar-refractivity contribution < 1.29 is 4.74 Å². The number of nitrogens with zero attached hydrogens (tertiary/aromatic N) is 1. The van der Waals surface area contributed by atoms with Crippen molar-refractivity contribution in [3.8, 4) is 16.9 Å². The van der Waals surface area contributed by atoms with E-state index in [-0.39, 0.29) is 0 Å². The molecular weight excluding hydrogens is 282 g/mol. The van der Waals surface area contributed by atoms with Crippen LogP contribution in [0, 0.1) is 6.92 Å². The second kappa shape index (κ2) is 9.36. The van der Waals surface area contributed by atoms with Crippen molar-refractivity contribution in [1.29, 1.82) is 0 Å². The van der Waals surface area contributed by atoms with Gasteiger partial charge in [0.05, 0.1) is 6.61 Å². The van der Waals surface area contributed by atoms with Gasteiger partial charge in [0.25, 0.3) is 0 Å². The van der Waals surface area contributed by atoms with Gasteiger partial charge in [-0.1, -0.05) is 55.3 Å². The molecule has 0 aliphatic carbocycles. The summed E-state index contributed by atoms with van der Waals surface area (Å²) in [5, 5.41) is 0. The van der Waals surface area contributed by atoms with Gasteiger partial charge in [-0.05, 0) is 57.6 Å². The van der Waals surface area contributed by atoms with Gasteiger partial charge in [-0.15, -0.1) is 0 Å². The largest absolute Gasteiger partial charge is 0.493 e. The van der Waals surface area contributed by atoms with Crippen LogP contribution in [-0.2, 0) is 0 Å². The van der Waals surface area contributed by atoms with Crippen LogP contribution in [0.1, 0.15) is 31.2 Å². The number of ether oxygens (including phenoxy) is 1. The van der Waals surface area contributed by atoms with E-state index in [0.717, 1.165) is 18.8 Å². The fourth-order valence-corrected chi connectivity index (χ4v) is 2.76. The van der Waals surface area contributed by atoms with Crippen LogP contribution in [0.3, 0.4) is 0 Å². The fraction of sp³-hybridized carbons (Fsp3) is 0.429. The van der Waals surface area contributed by atoms with Crippen LogP contribution in [0.25, 0.3) is 11.1 Å². The molecule has 2 rings (SSSR count). The molecule has 0 atom stereocenters. The summed E-state index contributed by atoms with van der Waals surface area (Å²) in [6, 6.07) is 16.8. The summed E-state index contributed by atoms with van der Waals surface area (Å²) < 4.78 is 6.06. The van der Waals surface area contributed by atoms with E-state index in [2.05, 4.69) is 68.4 Å². The van der Waals surface area contributed by atoms with Crippen molar-refractivity contribution in [3.05, 3.63) is 54.1 Å². The number of para-hydroxylation sites is 1. The normalized spacial score (nSPS) is 11.0. The smallest absolute Gasteiger partial charge is 0.127 e. The molecule has 0 radical (unpaired) electrons. The molecule has 0 aliphatic heterocycles. The lowest BCUT2D eigenvalue weighted by atomic mass is 10.00. The van der Waals surface area contributed by atoms with Gasteiger partial charge in [-0.25, -0.2) is 0 Å². The van der Waals surface area contributed by atoms with E-state index in [9.17, 15) is 0 Å². The number of benzene rings is 2. The third-order valence-corrected chi connectivity index (χ3v) is 4.08. The maximum Gasteiger partial charge on any atom is 0.127 e. The molecular formula is C21H29NO. The molecule has 0 spiro atoms. The molecule has 23 heavy (non-hydrogen) atoms. The van der Waals surface area contributed by atoms with Crippen LogP contribution in [0.15, 0.2) is 48.5 Å². The highest BCUT2D eigenvalue weighted by molar-refractivity contribution is 5.73. The number of unbranched alkanes of at least 4 members (excludes halogenated alkanes) is 3. The van der Waals surface area contributed by atoms with Crippen LogP contribution in [0.2, 0.25) is 0 Å². The van der Waals surface area contributed by atoms with Crippen molar-refractivity contribution in [2.24, 2.45) is 0 Å². The van der Waals surface area contributed by atoms with Crippen LogP contribution in [-0.4, -0.2) is 32.1 Å². The van der Waals surface area contributed by atoms with Crippen molar-refractivity contribution in [2.45, 2.75) is 32.6 Å². The number of hydrogen-bond acceptors (Lipinski definition) is 2. The molecule has 0 N–H and O–H groups in total. The summed E-state index contributed by atoms with van der Waals surface area (Å²) in [6.45, 7) is 4.12. The summed E-state index contributed by atoms with van der Waals surface area (Å²) in [4.78, 5) is 2.24. The Morgan fingerprint density at radius 1 is 0.783 bits per heavy atom. The zero-order chi connectivity index (χ0) is 16.5. The van der Waals surface area contributed by atoms with Crippen molar-refractivity contribution in [1.82, 2.24) is 4.90 Å². The maximum absolute atomic E-state index is 6.06. The van der Waals surface area contributed by atoms with E-state index < -0.39 is 0 Å². The van der Waals surface area contributed by atoms with Gasteiger partial charge < -0.3 is 9.64 Å². The fourth-order valence-electron chi connectivity index (χ4n) is 2.76. The monoisotopic (exact) mass is 311 g/mol. The first kappa shape index (κ1) is 17.6.